The summed E-state index contributed by atoms with van der Waals surface area (Å²) in [7, 11) is 1.62. The van der Waals surface area contributed by atoms with Crippen LogP contribution in [0.4, 0.5) is 0 Å². The van der Waals surface area contributed by atoms with E-state index in [9.17, 15) is 9.90 Å². The molecule has 1 atom stereocenters. The zero-order valence-electron chi connectivity index (χ0n) is 15.2. The molecular weight excluding hydrogens is 362 g/mol. The Morgan fingerprint density at radius 2 is 2.11 bits per heavy atom. The Hall–Kier alpha value is -2.35. The van der Waals surface area contributed by atoms with E-state index in [0.717, 1.165) is 54.9 Å². The van der Waals surface area contributed by atoms with E-state index >= 15 is 0 Å². The Morgan fingerprint density at radius 1 is 1.30 bits per heavy atom. The zero-order valence-corrected chi connectivity index (χ0v) is 16.0. The number of carbonyl (C=O) groups is 1. The Kier molecular flexibility index (Phi) is 5.15. The highest BCUT2D eigenvalue weighted by molar-refractivity contribution is 7.09. The van der Waals surface area contributed by atoms with E-state index in [0.29, 0.717) is 0 Å². The molecule has 6 nitrogen and oxygen atoms in total. The van der Waals surface area contributed by atoms with Gasteiger partial charge in [0.05, 0.1) is 7.11 Å². The maximum Gasteiger partial charge on any atom is 0.325 e. The van der Waals surface area contributed by atoms with Gasteiger partial charge in [0.2, 0.25) is 0 Å². The van der Waals surface area contributed by atoms with Gasteiger partial charge in [-0.2, -0.15) is 0 Å². The molecule has 0 spiro atoms. The van der Waals surface area contributed by atoms with Crippen LogP contribution in [0.5, 0.6) is 5.75 Å². The summed E-state index contributed by atoms with van der Waals surface area (Å²) in [5.41, 5.74) is 1.72. The summed E-state index contributed by atoms with van der Waals surface area (Å²) in [6, 6.07) is 9.27. The second-order valence-electron chi connectivity index (χ2n) is 6.79. The summed E-state index contributed by atoms with van der Waals surface area (Å²) in [5, 5.41) is 13.0. The van der Waals surface area contributed by atoms with Gasteiger partial charge in [-0.1, -0.05) is 6.07 Å². The number of aromatic nitrogens is 1. The lowest BCUT2D eigenvalue weighted by Crippen LogP contribution is -2.48. The number of carboxylic acids is 1. The second kappa shape index (κ2) is 7.72. The average molecular weight is 385 g/mol. The number of carboxylic acid groups (broad SMARTS) is 1. The van der Waals surface area contributed by atoms with E-state index in [1.807, 2.05) is 24.4 Å². The molecule has 1 fully saturated rings. The minimum absolute atomic E-state index is 0.658. The molecule has 1 aliphatic heterocycles. The molecule has 0 radical (unpaired) electrons. The predicted octanol–water partition coefficient (Wildman–Crippen LogP) is 3.18. The van der Waals surface area contributed by atoms with Crippen LogP contribution in [-0.2, 0) is 11.3 Å². The highest BCUT2D eigenvalue weighted by atomic mass is 32.1. The lowest BCUT2D eigenvalue weighted by molar-refractivity contribution is -0.144. The highest BCUT2D eigenvalue weighted by Crippen LogP contribution is 2.32. The second-order valence-corrected chi connectivity index (χ2v) is 7.82. The van der Waals surface area contributed by atoms with E-state index < -0.39 is 12.0 Å². The van der Waals surface area contributed by atoms with Crippen molar-refractivity contribution in [2.24, 2.45) is 0 Å². The minimum Gasteiger partial charge on any atom is -0.497 e. The number of ether oxygens (including phenoxy) is 1. The van der Waals surface area contributed by atoms with E-state index in [1.54, 1.807) is 18.4 Å². The van der Waals surface area contributed by atoms with Crippen molar-refractivity contribution < 1.29 is 14.6 Å². The first-order chi connectivity index (χ1) is 13.2. The van der Waals surface area contributed by atoms with Crippen LogP contribution < -0.4 is 4.74 Å². The van der Waals surface area contributed by atoms with Crippen LogP contribution in [-0.4, -0.2) is 59.1 Å². The molecule has 27 heavy (non-hydrogen) atoms. The van der Waals surface area contributed by atoms with Crippen LogP contribution in [0, 0.1) is 0 Å². The molecule has 0 unspecified atom stereocenters. The summed E-state index contributed by atoms with van der Waals surface area (Å²) >= 11 is 1.77. The molecule has 0 bridgehead atoms. The lowest BCUT2D eigenvalue weighted by atomic mass is 10.0. The Morgan fingerprint density at radius 3 is 2.78 bits per heavy atom. The molecule has 3 heterocycles. The lowest BCUT2D eigenvalue weighted by Gasteiger charge is -2.37. The molecule has 1 aliphatic rings. The van der Waals surface area contributed by atoms with Gasteiger partial charge in [-0.3, -0.25) is 14.6 Å². The molecule has 3 aromatic rings. The quantitative estimate of drug-likeness (QED) is 0.682. The van der Waals surface area contributed by atoms with Crippen molar-refractivity contribution >= 4 is 28.2 Å². The van der Waals surface area contributed by atoms with Crippen LogP contribution in [0.2, 0.25) is 0 Å². The standard InChI is InChI=1S/C20H23N3O3S/c1-26-14-4-5-18-16(11-14)17(12-21-18)19(20(24)25)23-8-6-22(7-9-23)13-15-3-2-10-27-15/h2-5,10-12,19,21H,6-9,13H2,1H3,(H,24,25)/t19-/m0/s1. The minimum atomic E-state index is -0.814. The molecule has 142 valence electrons. The van der Waals surface area contributed by atoms with Gasteiger partial charge in [0.1, 0.15) is 11.8 Å². The summed E-state index contributed by atoms with van der Waals surface area (Å²) < 4.78 is 5.32. The Bertz CT molecular complexity index is 914. The van der Waals surface area contributed by atoms with Crippen LogP contribution >= 0.6 is 11.3 Å². The number of hydrogen-bond donors (Lipinski definition) is 2. The molecule has 4 rings (SSSR count). The largest absolute Gasteiger partial charge is 0.497 e. The van der Waals surface area contributed by atoms with E-state index in [-0.39, 0.29) is 0 Å². The summed E-state index contributed by atoms with van der Waals surface area (Å²) in [6.45, 7) is 4.15. The monoisotopic (exact) mass is 385 g/mol. The number of methoxy groups -OCH3 is 1. The number of nitrogens with zero attached hydrogens (tertiary/aromatic N) is 2. The van der Waals surface area contributed by atoms with Gasteiger partial charge >= 0.3 is 5.97 Å². The molecule has 1 aromatic carbocycles. The molecular formula is C20H23N3O3S. The van der Waals surface area contributed by atoms with Gasteiger partial charge in [-0.25, -0.2) is 0 Å². The van der Waals surface area contributed by atoms with Crippen LogP contribution in [0.15, 0.2) is 41.9 Å². The SMILES string of the molecule is COc1ccc2[nH]cc([C@@H](C(=O)O)N3CCN(Cc4cccs4)CC3)c2c1. The maximum absolute atomic E-state index is 12.1. The fraction of sp³-hybridized carbons (Fsp3) is 0.350. The zero-order chi connectivity index (χ0) is 18.8. The number of rotatable bonds is 6. The molecule has 7 heteroatoms. The number of thiophene rings is 1. The van der Waals surface area contributed by atoms with E-state index in [2.05, 4.69) is 32.3 Å². The number of H-pyrrole nitrogens is 1. The normalized spacial score (nSPS) is 17.2. The van der Waals surface area contributed by atoms with Crippen molar-refractivity contribution in [3.63, 3.8) is 0 Å². The van der Waals surface area contributed by atoms with Crippen molar-refractivity contribution in [3.05, 3.63) is 52.3 Å². The first-order valence-electron chi connectivity index (χ1n) is 9.02. The van der Waals surface area contributed by atoms with Crippen LogP contribution in [0.1, 0.15) is 16.5 Å². The van der Waals surface area contributed by atoms with Crippen LogP contribution in [0.25, 0.3) is 10.9 Å². The number of aliphatic carboxylic acids is 1. The van der Waals surface area contributed by atoms with Gasteiger partial charge < -0.3 is 14.8 Å². The van der Waals surface area contributed by atoms with Gasteiger partial charge in [0.15, 0.2) is 0 Å². The number of hydrogen-bond acceptors (Lipinski definition) is 5. The number of piperazine rings is 1. The third-order valence-electron chi connectivity index (χ3n) is 5.18. The fourth-order valence-corrected chi connectivity index (χ4v) is 4.51. The maximum atomic E-state index is 12.1. The topological polar surface area (TPSA) is 68.8 Å². The molecule has 0 amide bonds. The summed E-state index contributed by atoms with van der Waals surface area (Å²) in [6.07, 6.45) is 1.82. The van der Waals surface area contributed by atoms with Crippen LogP contribution in [0.3, 0.4) is 0 Å². The van der Waals surface area contributed by atoms with Crippen molar-refractivity contribution in [3.8, 4) is 5.75 Å². The highest BCUT2D eigenvalue weighted by Gasteiger charge is 2.32. The number of benzene rings is 1. The molecule has 1 saturated heterocycles. The first kappa shape index (κ1) is 18.0. The number of nitrogens with one attached hydrogen (secondary N) is 1. The Balaban J connectivity index is 1.53. The van der Waals surface area contributed by atoms with Gasteiger partial charge in [0, 0.05) is 60.3 Å². The van der Waals surface area contributed by atoms with Crippen molar-refractivity contribution in [2.75, 3.05) is 33.3 Å². The van der Waals surface area contributed by atoms with E-state index in [1.165, 1.54) is 4.88 Å². The number of aromatic amines is 1. The van der Waals surface area contributed by atoms with Gasteiger partial charge in [-0.05, 0) is 29.6 Å². The molecule has 0 aliphatic carbocycles. The average Bonchev–Trinajstić information content (AvgIpc) is 3.33. The third-order valence-corrected chi connectivity index (χ3v) is 6.04. The van der Waals surface area contributed by atoms with Crippen molar-refractivity contribution in [1.29, 1.82) is 0 Å². The predicted molar refractivity (Wildman–Crippen MR) is 106 cm³/mol. The fourth-order valence-electron chi connectivity index (χ4n) is 3.76. The Labute approximate surface area is 162 Å². The van der Waals surface area contributed by atoms with E-state index in [4.69, 9.17) is 4.74 Å². The van der Waals surface area contributed by atoms with Gasteiger partial charge in [-0.15, -0.1) is 11.3 Å². The summed E-state index contributed by atoms with van der Waals surface area (Å²) in [5.74, 6) is -0.0846. The molecule has 2 N–H and O–H groups in total. The molecule has 0 saturated carbocycles. The first-order valence-corrected chi connectivity index (χ1v) is 9.90. The molecule has 2 aromatic heterocycles. The van der Waals surface area contributed by atoms with Crippen molar-refractivity contribution in [2.45, 2.75) is 12.6 Å². The van der Waals surface area contributed by atoms with Crippen molar-refractivity contribution in [1.82, 2.24) is 14.8 Å². The number of fused-ring (bicyclic) bond motifs is 1. The summed E-state index contributed by atoms with van der Waals surface area (Å²) in [4.78, 5) is 21.1. The van der Waals surface area contributed by atoms with Gasteiger partial charge in [0.25, 0.3) is 0 Å². The third kappa shape index (κ3) is 3.71. The smallest absolute Gasteiger partial charge is 0.325 e.